The Morgan fingerprint density at radius 3 is 3.06 bits per heavy atom. The Bertz CT molecular complexity index is 571. The summed E-state index contributed by atoms with van der Waals surface area (Å²) in [6.45, 7) is 0.984. The van der Waals surface area contributed by atoms with E-state index in [0.29, 0.717) is 10.8 Å². The zero-order chi connectivity index (χ0) is 12.4. The molecule has 0 saturated heterocycles. The number of nitrogens with one attached hydrogen (secondary N) is 1. The molecular weight excluding hydrogens is 248 g/mol. The minimum atomic E-state index is 0.519. The lowest BCUT2D eigenvalue weighted by Crippen LogP contribution is -2.12. The second-order valence-corrected chi connectivity index (χ2v) is 4.64. The molecule has 1 aromatic heterocycles. The Morgan fingerprint density at radius 2 is 2.17 bits per heavy atom. The number of aryl methyl sites for hydroxylation is 1. The van der Waals surface area contributed by atoms with Crippen LogP contribution < -0.4 is 10.1 Å². The molecule has 0 aliphatic carbocycles. The molecule has 2 aromatic rings. The molecule has 18 heavy (non-hydrogen) atoms. The Labute approximate surface area is 111 Å². The monoisotopic (exact) mass is 260 g/mol. The summed E-state index contributed by atoms with van der Waals surface area (Å²) in [5.74, 6) is 1.45. The highest BCUT2D eigenvalue weighted by Gasteiger charge is 2.14. The van der Waals surface area contributed by atoms with Gasteiger partial charge in [-0.3, -0.25) is 4.98 Å². The van der Waals surface area contributed by atoms with Crippen LogP contribution in [-0.4, -0.2) is 11.5 Å². The van der Waals surface area contributed by atoms with Crippen molar-refractivity contribution >= 4 is 17.3 Å². The first-order valence-corrected chi connectivity index (χ1v) is 6.35. The summed E-state index contributed by atoms with van der Waals surface area (Å²) in [6, 6.07) is 7.86. The number of fused-ring (bicyclic) bond motifs is 1. The van der Waals surface area contributed by atoms with Crippen molar-refractivity contribution in [1.82, 2.24) is 4.98 Å². The van der Waals surface area contributed by atoms with E-state index in [0.717, 1.165) is 30.8 Å². The van der Waals surface area contributed by atoms with Crippen LogP contribution in [0.4, 0.5) is 5.69 Å². The van der Waals surface area contributed by atoms with Crippen LogP contribution in [0.2, 0.25) is 5.02 Å². The number of pyridine rings is 1. The summed E-state index contributed by atoms with van der Waals surface area (Å²) in [5.41, 5.74) is 2.38. The van der Waals surface area contributed by atoms with Gasteiger partial charge < -0.3 is 10.1 Å². The van der Waals surface area contributed by atoms with E-state index in [4.69, 9.17) is 16.3 Å². The van der Waals surface area contributed by atoms with Crippen LogP contribution in [0.15, 0.2) is 36.7 Å². The lowest BCUT2D eigenvalue weighted by molar-refractivity contribution is 0.482. The van der Waals surface area contributed by atoms with E-state index in [1.807, 2.05) is 12.1 Å². The van der Waals surface area contributed by atoms with Crippen LogP contribution >= 0.6 is 11.6 Å². The predicted octanol–water partition coefficient (Wildman–Crippen LogP) is 3.89. The molecule has 3 rings (SSSR count). The first-order valence-electron chi connectivity index (χ1n) is 5.98. The molecule has 1 aliphatic rings. The zero-order valence-electron chi connectivity index (χ0n) is 9.82. The quantitative estimate of drug-likeness (QED) is 0.890. The van der Waals surface area contributed by atoms with E-state index >= 15 is 0 Å². The Balaban J connectivity index is 1.96. The number of nitrogens with zero attached hydrogens (tertiary/aromatic N) is 1. The summed E-state index contributed by atoms with van der Waals surface area (Å²) in [6.07, 6.45) is 5.50. The van der Waals surface area contributed by atoms with Gasteiger partial charge in [0.2, 0.25) is 0 Å². The van der Waals surface area contributed by atoms with Crippen molar-refractivity contribution in [1.29, 1.82) is 0 Å². The van der Waals surface area contributed by atoms with E-state index in [1.54, 1.807) is 18.5 Å². The molecule has 1 N–H and O–H groups in total. The normalized spacial score (nSPS) is 13.6. The minimum absolute atomic E-state index is 0.519. The van der Waals surface area contributed by atoms with Gasteiger partial charge >= 0.3 is 0 Å². The minimum Gasteiger partial charge on any atom is -0.453 e. The molecule has 3 nitrogen and oxygen atoms in total. The van der Waals surface area contributed by atoms with Gasteiger partial charge in [0.15, 0.2) is 5.75 Å². The molecule has 2 heterocycles. The van der Waals surface area contributed by atoms with Gasteiger partial charge in [-0.25, -0.2) is 0 Å². The van der Waals surface area contributed by atoms with Crippen LogP contribution in [0, 0.1) is 0 Å². The van der Waals surface area contributed by atoms with E-state index in [2.05, 4.69) is 16.4 Å². The second kappa shape index (κ2) is 4.86. The molecule has 1 aromatic carbocycles. The molecule has 0 amide bonds. The molecule has 0 fully saturated rings. The number of anilines is 1. The third kappa shape index (κ3) is 2.14. The highest BCUT2D eigenvalue weighted by molar-refractivity contribution is 6.31. The first kappa shape index (κ1) is 11.4. The number of rotatable bonds is 2. The number of hydrogen-bond donors (Lipinski definition) is 1. The smallest absolute Gasteiger partial charge is 0.150 e. The summed E-state index contributed by atoms with van der Waals surface area (Å²) in [4.78, 5) is 3.95. The van der Waals surface area contributed by atoms with Crippen LogP contribution in [0.3, 0.4) is 0 Å². The molecular formula is C14H13ClN2O. The van der Waals surface area contributed by atoms with Gasteiger partial charge in [-0.15, -0.1) is 0 Å². The van der Waals surface area contributed by atoms with Crippen molar-refractivity contribution in [2.45, 2.75) is 12.8 Å². The largest absolute Gasteiger partial charge is 0.453 e. The first-order chi connectivity index (χ1) is 8.84. The Kier molecular flexibility index (Phi) is 3.07. The average molecular weight is 261 g/mol. The van der Waals surface area contributed by atoms with Gasteiger partial charge in [0.1, 0.15) is 10.8 Å². The van der Waals surface area contributed by atoms with E-state index < -0.39 is 0 Å². The van der Waals surface area contributed by atoms with Crippen molar-refractivity contribution in [3.05, 3.63) is 47.2 Å². The third-order valence-corrected chi connectivity index (χ3v) is 3.28. The highest BCUT2D eigenvalue weighted by atomic mass is 35.5. The maximum Gasteiger partial charge on any atom is 0.150 e. The predicted molar refractivity (Wildman–Crippen MR) is 72.6 cm³/mol. The number of hydrogen-bond acceptors (Lipinski definition) is 3. The molecule has 0 atom stereocenters. The second-order valence-electron chi connectivity index (χ2n) is 4.23. The standard InChI is InChI=1S/C14H13ClN2O/c15-11-9-16-8-6-12(11)18-13-5-1-3-10-4-2-7-17-14(10)13/h1,3,5-6,8-9,17H,2,4,7H2. The van der Waals surface area contributed by atoms with Crippen molar-refractivity contribution in [2.75, 3.05) is 11.9 Å². The summed E-state index contributed by atoms with van der Waals surface area (Å²) in [7, 11) is 0. The number of para-hydroxylation sites is 1. The van der Waals surface area contributed by atoms with E-state index in [1.165, 1.54) is 5.56 Å². The summed E-state index contributed by atoms with van der Waals surface area (Å²) < 4.78 is 5.87. The number of aromatic nitrogens is 1. The fourth-order valence-electron chi connectivity index (χ4n) is 2.13. The lowest BCUT2D eigenvalue weighted by atomic mass is 10.0. The van der Waals surface area contributed by atoms with Gasteiger partial charge in [0.05, 0.1) is 5.69 Å². The fraction of sp³-hybridized carbons (Fsp3) is 0.214. The molecule has 1 aliphatic heterocycles. The topological polar surface area (TPSA) is 34.1 Å². The van der Waals surface area contributed by atoms with Crippen molar-refractivity contribution in [3.63, 3.8) is 0 Å². The number of ether oxygens (including phenoxy) is 1. The van der Waals surface area contributed by atoms with Gasteiger partial charge in [0.25, 0.3) is 0 Å². The van der Waals surface area contributed by atoms with Crippen molar-refractivity contribution in [3.8, 4) is 11.5 Å². The van der Waals surface area contributed by atoms with Gasteiger partial charge in [0, 0.05) is 25.0 Å². The van der Waals surface area contributed by atoms with Gasteiger partial charge in [-0.2, -0.15) is 0 Å². The lowest BCUT2D eigenvalue weighted by Gasteiger charge is -2.21. The van der Waals surface area contributed by atoms with Crippen molar-refractivity contribution < 1.29 is 4.74 Å². The molecule has 0 bridgehead atoms. The maximum atomic E-state index is 6.05. The van der Waals surface area contributed by atoms with Crippen LogP contribution in [-0.2, 0) is 6.42 Å². The molecule has 0 radical (unpaired) electrons. The molecule has 92 valence electrons. The summed E-state index contributed by atoms with van der Waals surface area (Å²) in [5, 5.41) is 3.91. The molecule has 0 spiro atoms. The van der Waals surface area contributed by atoms with Gasteiger partial charge in [-0.1, -0.05) is 23.7 Å². The Morgan fingerprint density at radius 1 is 1.22 bits per heavy atom. The zero-order valence-corrected chi connectivity index (χ0v) is 10.6. The number of benzene rings is 1. The summed E-state index contributed by atoms with van der Waals surface area (Å²) >= 11 is 6.05. The van der Waals surface area contributed by atoms with Crippen LogP contribution in [0.1, 0.15) is 12.0 Å². The Hall–Kier alpha value is -1.74. The SMILES string of the molecule is Clc1cnccc1Oc1cccc2c1NCCC2. The van der Waals surface area contributed by atoms with Gasteiger partial charge in [-0.05, 0) is 24.5 Å². The number of halogens is 1. The van der Waals surface area contributed by atoms with Crippen LogP contribution in [0.5, 0.6) is 11.5 Å². The maximum absolute atomic E-state index is 6.05. The third-order valence-electron chi connectivity index (χ3n) is 2.99. The molecule has 0 unspecified atom stereocenters. The van der Waals surface area contributed by atoms with E-state index in [9.17, 15) is 0 Å². The van der Waals surface area contributed by atoms with Crippen molar-refractivity contribution in [2.24, 2.45) is 0 Å². The molecule has 4 heteroatoms. The van der Waals surface area contributed by atoms with Crippen LogP contribution in [0.25, 0.3) is 0 Å². The van der Waals surface area contributed by atoms with E-state index in [-0.39, 0.29) is 0 Å². The molecule has 0 saturated carbocycles. The highest BCUT2D eigenvalue weighted by Crippen LogP contribution is 2.36. The fourth-order valence-corrected chi connectivity index (χ4v) is 2.28. The average Bonchev–Trinajstić information content (AvgIpc) is 2.42.